The number of rotatable bonds is 2. The van der Waals surface area contributed by atoms with Gasteiger partial charge >= 0.3 is 0 Å². The van der Waals surface area contributed by atoms with Gasteiger partial charge in [0.1, 0.15) is 0 Å². The molecule has 0 amide bonds. The van der Waals surface area contributed by atoms with Crippen molar-refractivity contribution in [1.82, 2.24) is 14.8 Å². The van der Waals surface area contributed by atoms with Crippen LogP contribution in [0.4, 0.5) is 0 Å². The lowest BCUT2D eigenvalue weighted by molar-refractivity contribution is 0.194. The quantitative estimate of drug-likeness (QED) is 0.836. The van der Waals surface area contributed by atoms with Crippen LogP contribution in [0.25, 0.3) is 5.69 Å². The maximum atomic E-state index is 9.36. The van der Waals surface area contributed by atoms with E-state index in [1.54, 1.807) is 13.1 Å². The van der Waals surface area contributed by atoms with Gasteiger partial charge in [0.2, 0.25) is 0 Å². The molecule has 1 atom stereocenters. The van der Waals surface area contributed by atoms with E-state index in [0.717, 1.165) is 17.1 Å². The van der Waals surface area contributed by atoms with E-state index in [9.17, 15) is 5.11 Å². The van der Waals surface area contributed by atoms with Gasteiger partial charge < -0.3 is 5.11 Å². The van der Waals surface area contributed by atoms with E-state index >= 15 is 0 Å². The third-order valence-corrected chi connectivity index (χ3v) is 2.45. The number of nitrogens with zero attached hydrogens (tertiary/aromatic N) is 3. The monoisotopic (exact) mass is 217 g/mol. The van der Waals surface area contributed by atoms with Crippen LogP contribution in [0.15, 0.2) is 24.4 Å². The second-order valence-corrected chi connectivity index (χ2v) is 3.96. The zero-order valence-electron chi connectivity index (χ0n) is 9.68. The molecule has 2 heterocycles. The lowest BCUT2D eigenvalue weighted by Gasteiger charge is -2.06. The fourth-order valence-electron chi connectivity index (χ4n) is 1.66. The van der Waals surface area contributed by atoms with Crippen LogP contribution in [0.5, 0.6) is 0 Å². The van der Waals surface area contributed by atoms with E-state index in [0.29, 0.717) is 5.69 Å². The van der Waals surface area contributed by atoms with Crippen LogP contribution in [0, 0.1) is 13.8 Å². The molecule has 4 nitrogen and oxygen atoms in total. The average Bonchev–Trinajstić information content (AvgIpc) is 2.58. The van der Waals surface area contributed by atoms with Crippen molar-refractivity contribution in [3.05, 3.63) is 41.5 Å². The molecule has 0 aliphatic rings. The minimum atomic E-state index is -0.533. The molecule has 0 aromatic carbocycles. The number of aliphatic hydroxyl groups excluding tert-OH is 1. The summed E-state index contributed by atoms with van der Waals surface area (Å²) in [7, 11) is 0. The minimum Gasteiger partial charge on any atom is -0.387 e. The molecule has 2 aromatic rings. The zero-order chi connectivity index (χ0) is 11.7. The number of aromatic nitrogens is 3. The van der Waals surface area contributed by atoms with Crippen molar-refractivity contribution in [2.24, 2.45) is 0 Å². The lowest BCUT2D eigenvalue weighted by Crippen LogP contribution is -2.02. The molecule has 1 N–H and O–H groups in total. The van der Waals surface area contributed by atoms with Gasteiger partial charge in [-0.1, -0.05) is 0 Å². The van der Waals surface area contributed by atoms with Crippen molar-refractivity contribution in [2.45, 2.75) is 26.9 Å². The van der Waals surface area contributed by atoms with E-state index in [-0.39, 0.29) is 0 Å². The van der Waals surface area contributed by atoms with Crippen molar-refractivity contribution in [2.75, 3.05) is 0 Å². The number of hydrogen-bond donors (Lipinski definition) is 1. The average molecular weight is 217 g/mol. The van der Waals surface area contributed by atoms with Gasteiger partial charge in [0.25, 0.3) is 0 Å². The third kappa shape index (κ3) is 1.97. The fourth-order valence-corrected chi connectivity index (χ4v) is 1.66. The summed E-state index contributed by atoms with van der Waals surface area (Å²) in [5, 5.41) is 13.7. The summed E-state index contributed by atoms with van der Waals surface area (Å²) >= 11 is 0. The number of hydrogen-bond acceptors (Lipinski definition) is 3. The predicted molar refractivity (Wildman–Crippen MR) is 61.5 cm³/mol. The summed E-state index contributed by atoms with van der Waals surface area (Å²) < 4.78 is 1.84. The van der Waals surface area contributed by atoms with Crippen molar-refractivity contribution in [3.63, 3.8) is 0 Å². The van der Waals surface area contributed by atoms with Crippen molar-refractivity contribution in [3.8, 4) is 5.69 Å². The van der Waals surface area contributed by atoms with Crippen LogP contribution in [0.1, 0.15) is 30.1 Å². The second kappa shape index (κ2) is 4.06. The largest absolute Gasteiger partial charge is 0.387 e. The Hall–Kier alpha value is -1.68. The predicted octanol–water partition coefficient (Wildman–Crippen LogP) is 1.94. The molecule has 4 heteroatoms. The summed E-state index contributed by atoms with van der Waals surface area (Å²) in [5.74, 6) is 0. The summed E-state index contributed by atoms with van der Waals surface area (Å²) in [6, 6.07) is 5.74. The van der Waals surface area contributed by atoms with E-state index < -0.39 is 6.10 Å². The summed E-state index contributed by atoms with van der Waals surface area (Å²) in [5.41, 5.74) is 3.64. The molecule has 0 aliphatic heterocycles. The molecule has 0 fully saturated rings. The Morgan fingerprint density at radius 2 is 2.06 bits per heavy atom. The van der Waals surface area contributed by atoms with Crippen molar-refractivity contribution < 1.29 is 5.11 Å². The van der Waals surface area contributed by atoms with E-state index in [2.05, 4.69) is 10.1 Å². The number of aryl methyl sites for hydroxylation is 2. The molecule has 0 spiro atoms. The van der Waals surface area contributed by atoms with E-state index in [4.69, 9.17) is 0 Å². The molecule has 0 unspecified atom stereocenters. The van der Waals surface area contributed by atoms with Crippen LogP contribution in [-0.2, 0) is 0 Å². The Morgan fingerprint density at radius 1 is 1.31 bits per heavy atom. The highest BCUT2D eigenvalue weighted by Crippen LogP contribution is 2.14. The van der Waals surface area contributed by atoms with Gasteiger partial charge in [-0.15, -0.1) is 0 Å². The highest BCUT2D eigenvalue weighted by molar-refractivity contribution is 5.31. The normalized spacial score (nSPS) is 12.8. The van der Waals surface area contributed by atoms with Crippen molar-refractivity contribution >= 4 is 0 Å². The molecule has 0 aliphatic carbocycles. The molecular formula is C12H15N3O. The number of pyridine rings is 1. The second-order valence-electron chi connectivity index (χ2n) is 3.96. The number of aliphatic hydroxyl groups is 1. The lowest BCUT2D eigenvalue weighted by atomic mass is 10.2. The summed E-state index contributed by atoms with van der Waals surface area (Å²) in [4.78, 5) is 4.19. The molecule has 16 heavy (non-hydrogen) atoms. The highest BCUT2D eigenvalue weighted by atomic mass is 16.3. The third-order valence-electron chi connectivity index (χ3n) is 2.45. The highest BCUT2D eigenvalue weighted by Gasteiger charge is 2.06. The molecule has 0 saturated heterocycles. The van der Waals surface area contributed by atoms with Gasteiger partial charge in [-0.25, -0.2) is 4.68 Å². The molecule has 2 rings (SSSR count). The van der Waals surface area contributed by atoms with Crippen LogP contribution < -0.4 is 0 Å². The van der Waals surface area contributed by atoms with Crippen LogP contribution in [0.2, 0.25) is 0 Å². The zero-order valence-corrected chi connectivity index (χ0v) is 9.68. The summed E-state index contributed by atoms with van der Waals surface area (Å²) in [6.45, 7) is 5.66. The van der Waals surface area contributed by atoms with Gasteiger partial charge in [-0.2, -0.15) is 5.10 Å². The Balaban J connectivity index is 2.38. The van der Waals surface area contributed by atoms with Gasteiger partial charge in [0, 0.05) is 5.69 Å². The first-order chi connectivity index (χ1) is 7.58. The molecule has 0 saturated carbocycles. The Labute approximate surface area is 94.6 Å². The first-order valence-electron chi connectivity index (χ1n) is 5.25. The van der Waals surface area contributed by atoms with E-state index in [1.165, 1.54) is 0 Å². The molecule has 84 valence electrons. The van der Waals surface area contributed by atoms with Crippen LogP contribution in [0.3, 0.4) is 0 Å². The first-order valence-corrected chi connectivity index (χ1v) is 5.25. The maximum absolute atomic E-state index is 9.36. The topological polar surface area (TPSA) is 50.9 Å². The fraction of sp³-hybridized carbons (Fsp3) is 0.333. The van der Waals surface area contributed by atoms with Gasteiger partial charge in [0.15, 0.2) is 0 Å². The SMILES string of the molecule is Cc1cc(C)n(-c2ccc([C@H](C)O)nc2)n1. The Morgan fingerprint density at radius 3 is 2.50 bits per heavy atom. The molecular weight excluding hydrogens is 202 g/mol. The Bertz CT molecular complexity index is 485. The van der Waals surface area contributed by atoms with Crippen LogP contribution >= 0.6 is 0 Å². The van der Waals surface area contributed by atoms with Gasteiger partial charge in [-0.3, -0.25) is 4.98 Å². The van der Waals surface area contributed by atoms with Crippen molar-refractivity contribution in [1.29, 1.82) is 0 Å². The first kappa shape index (κ1) is 10.8. The van der Waals surface area contributed by atoms with Crippen LogP contribution in [-0.4, -0.2) is 19.9 Å². The van der Waals surface area contributed by atoms with Gasteiger partial charge in [0.05, 0.1) is 29.4 Å². The Kier molecular flexibility index (Phi) is 2.75. The standard InChI is InChI=1S/C12H15N3O/c1-8-6-9(2)15(14-8)11-4-5-12(10(3)16)13-7-11/h4-7,10,16H,1-3H3/t10-/m0/s1. The minimum absolute atomic E-state index is 0.533. The smallest absolute Gasteiger partial charge is 0.0931 e. The van der Waals surface area contributed by atoms with Gasteiger partial charge in [-0.05, 0) is 39.0 Å². The maximum Gasteiger partial charge on any atom is 0.0931 e. The van der Waals surface area contributed by atoms with E-state index in [1.807, 2.05) is 36.7 Å². The molecule has 2 aromatic heterocycles. The summed E-state index contributed by atoms with van der Waals surface area (Å²) in [6.07, 6.45) is 1.19. The molecule has 0 radical (unpaired) electrons. The molecule has 0 bridgehead atoms.